The highest BCUT2D eigenvalue weighted by Crippen LogP contribution is 2.43. The van der Waals surface area contributed by atoms with Gasteiger partial charge in [-0.05, 0) is 238 Å². The molecule has 3 heterocycles. The number of aromatic nitrogens is 6. The molecule has 142 heavy (non-hydrogen) atoms. The topological polar surface area (TPSA) is 596 Å². The molecule has 1 aliphatic heterocycles. The van der Waals surface area contributed by atoms with Gasteiger partial charge in [0.05, 0.1) is 113 Å². The molecule has 12 aromatic carbocycles. The van der Waals surface area contributed by atoms with Crippen LogP contribution in [0.2, 0.25) is 10.0 Å². The number of halogens is 2. The predicted molar refractivity (Wildman–Crippen MR) is 528 cm³/mol. The van der Waals surface area contributed by atoms with Crippen molar-refractivity contribution in [3.8, 4) is 11.5 Å². The first-order valence-electron chi connectivity index (χ1n) is 42.6. The summed E-state index contributed by atoms with van der Waals surface area (Å²) < 4.78 is 183. The van der Waals surface area contributed by atoms with E-state index in [1.165, 1.54) is 91.0 Å². The van der Waals surface area contributed by atoms with E-state index in [1.807, 2.05) is 35.8 Å². The number of nitrogens with one attached hydrogen (secondary N) is 2. The Hall–Kier alpha value is -15.6. The summed E-state index contributed by atoms with van der Waals surface area (Å²) in [4.78, 5) is 32.1. The minimum atomic E-state index is -4.91. The van der Waals surface area contributed by atoms with E-state index >= 15 is 0 Å². The van der Waals surface area contributed by atoms with Crippen LogP contribution in [0.3, 0.4) is 0 Å². The number of nitrogens with zero attached hydrogens (tertiary/aromatic N) is 24. The summed E-state index contributed by atoms with van der Waals surface area (Å²) in [5.74, 6) is 0.680. The molecule has 1 aliphatic rings. The minimum Gasteiger partial charge on any atom is -0.493 e. The second kappa shape index (κ2) is 45.1. The molecule has 0 bridgehead atoms. The van der Waals surface area contributed by atoms with Crippen LogP contribution in [0.1, 0.15) is 53.7 Å². The van der Waals surface area contributed by atoms with Gasteiger partial charge in [0.25, 0.3) is 50.6 Å². The summed E-state index contributed by atoms with van der Waals surface area (Å²) in [7, 11) is -23.0. The van der Waals surface area contributed by atoms with Crippen LogP contribution in [-0.2, 0) is 63.4 Å². The number of benzene rings is 12. The van der Waals surface area contributed by atoms with E-state index in [-0.39, 0.29) is 165 Å². The summed E-state index contributed by atoms with van der Waals surface area (Å²) in [6.45, 7) is 6.38. The Labute approximate surface area is 822 Å². The number of aryl methyl sites for hydroxylation is 2. The van der Waals surface area contributed by atoms with E-state index in [9.17, 15) is 64.9 Å². The van der Waals surface area contributed by atoms with Crippen LogP contribution in [0, 0.1) is 13.8 Å². The van der Waals surface area contributed by atoms with E-state index < -0.39 is 66.1 Å². The van der Waals surface area contributed by atoms with Crippen LogP contribution in [0.4, 0.5) is 126 Å². The Morgan fingerprint density at radius 3 is 1.18 bits per heavy atom. The standard InChI is InChI=1S/C92H80Cl2N26O17S5/c1-4-44-136-84-56-81(118-116-79-39-31-71(53-86(79)142(133,134)135)112-104-62-14-9-6-10-15-62)75(94)54-82(84)96-90-100-89(95-69-29-37-77(58(3)48-69)113-109-65-21-17-63(18-22-65)105-107-67-25-32-72(33-26-67)139(124,125)126)101-92(102-90)120-42-40-119(41-43-120)91-98-87(49-59-16-36-76(57(2)47-59)114-115-78-38-30-70(52-85(78)141(130,131)132)111-103-61-12-7-5-8-13-61)97-88(99-91)51-60-50-74(93)80(55-83(60)137-45-11-46-138(121,122)123)117-110-66-23-19-64(20-24-66)106-108-68-27-34-73(35-28-68)140(127,128)129/h5-10,12-39,47-48,50,52-56H,4,11,40-46,49,51H2,1-3H3,(H,121,122,123)(H,124,125,126)(H,127,128,129)(H,130,131,132)(H,133,134,135)(H2,95,96,100,101,102). The van der Waals surface area contributed by atoms with Gasteiger partial charge >= 0.3 is 0 Å². The third-order valence-electron chi connectivity index (χ3n) is 20.4. The predicted octanol–water partition coefficient (Wildman–Crippen LogP) is 24.7. The van der Waals surface area contributed by atoms with Crippen molar-refractivity contribution < 1.29 is 74.3 Å². The summed E-state index contributed by atoms with van der Waals surface area (Å²) in [5.41, 5.74) is 7.26. The first-order valence-corrected chi connectivity index (χ1v) is 50.7. The van der Waals surface area contributed by atoms with Gasteiger partial charge in [-0.1, -0.05) is 78.7 Å². The number of azo groups is 8. The number of hydrogen-bond acceptors (Lipinski definition) is 38. The van der Waals surface area contributed by atoms with Gasteiger partial charge in [0.15, 0.2) is 0 Å². The number of rotatable bonds is 38. The Morgan fingerprint density at radius 2 is 0.718 bits per heavy atom. The van der Waals surface area contributed by atoms with Crippen LogP contribution >= 0.6 is 23.2 Å². The second-order valence-electron chi connectivity index (χ2n) is 31.0. The molecular weight excluding hydrogens is 1970 g/mol. The minimum absolute atomic E-state index is 0.000352. The molecule has 1 saturated heterocycles. The molecule has 0 amide bonds. The number of hydrogen-bond donors (Lipinski definition) is 7. The first kappa shape index (κ1) is 101. The number of anilines is 6. The van der Waals surface area contributed by atoms with E-state index in [0.717, 1.165) is 12.1 Å². The molecule has 50 heteroatoms. The van der Waals surface area contributed by atoms with Gasteiger partial charge in [0, 0.05) is 62.4 Å². The van der Waals surface area contributed by atoms with Crippen molar-refractivity contribution in [1.82, 2.24) is 29.9 Å². The van der Waals surface area contributed by atoms with Crippen molar-refractivity contribution in [3.05, 3.63) is 299 Å². The fourth-order valence-corrected chi connectivity index (χ4v) is 16.6. The SMILES string of the molecule is CCCOc1cc(N=Nc2ccc(N=Nc3ccccc3)cc2S(=O)(=O)O)c(Cl)cc1Nc1nc(Nc2ccc(N=Nc3ccc(N=Nc4ccc(S(=O)(=O)O)cc4)cc3)c(C)c2)nc(N2CCN(c3nc(Cc4ccc(N=Nc5ccc(N=Nc6ccccc6)cc5S(=O)(=O)O)c(C)c4)nc(Cc4cc(Cl)c(N=Nc5ccc(N=Nc6ccc(S(=O)(=O)O)cc6)cc5)cc4OCCCS(=O)(=O)O)n3)CC2)n1. The molecule has 0 atom stereocenters. The van der Waals surface area contributed by atoms with E-state index in [2.05, 4.69) is 92.5 Å². The van der Waals surface area contributed by atoms with Gasteiger partial charge < -0.3 is 29.9 Å². The lowest BCUT2D eigenvalue weighted by molar-refractivity contribution is 0.313. The summed E-state index contributed by atoms with van der Waals surface area (Å²) in [6, 6.07) is 65.2. The third kappa shape index (κ3) is 28.4. The molecule has 43 nitrogen and oxygen atoms in total. The lowest BCUT2D eigenvalue weighted by Gasteiger charge is -2.35. The molecule has 2 aromatic heterocycles. The molecular formula is C92H80Cl2N26O17S5. The zero-order valence-electron chi connectivity index (χ0n) is 74.7. The third-order valence-corrected chi connectivity index (χ3v) is 25.3. The molecule has 7 N–H and O–H groups in total. The highest BCUT2D eigenvalue weighted by molar-refractivity contribution is 7.87. The van der Waals surface area contributed by atoms with Crippen molar-refractivity contribution in [3.63, 3.8) is 0 Å². The highest BCUT2D eigenvalue weighted by Gasteiger charge is 2.28. The van der Waals surface area contributed by atoms with Gasteiger partial charge in [-0.25, -0.2) is 4.98 Å². The summed E-state index contributed by atoms with van der Waals surface area (Å²) in [6.07, 6.45) is 0.403. The van der Waals surface area contributed by atoms with Crippen molar-refractivity contribution in [2.24, 2.45) is 81.8 Å². The largest absolute Gasteiger partial charge is 0.493 e. The fourth-order valence-electron chi connectivity index (χ4n) is 13.4. The van der Waals surface area contributed by atoms with E-state index in [0.29, 0.717) is 91.2 Å². The monoisotopic (exact) mass is 2050 g/mol. The Kier molecular flexibility index (Phi) is 32.0. The number of ether oxygens (including phenoxy) is 2. The van der Waals surface area contributed by atoms with E-state index in [4.69, 9.17) is 62.6 Å². The Morgan fingerprint density at radius 1 is 0.345 bits per heavy atom. The Balaban J connectivity index is 0.737. The van der Waals surface area contributed by atoms with Crippen molar-refractivity contribution in [2.45, 2.75) is 66.0 Å². The molecule has 15 rings (SSSR count). The molecule has 0 saturated carbocycles. The zero-order valence-corrected chi connectivity index (χ0v) is 80.3. The highest BCUT2D eigenvalue weighted by atomic mass is 35.5. The number of piperazine rings is 1. The van der Waals surface area contributed by atoms with E-state index in [1.54, 1.807) is 146 Å². The van der Waals surface area contributed by atoms with Crippen LogP contribution < -0.4 is 29.9 Å². The zero-order chi connectivity index (χ0) is 100. The Bertz CT molecular complexity index is 7930. The van der Waals surface area contributed by atoms with Crippen LogP contribution in [0.5, 0.6) is 11.5 Å². The quantitative estimate of drug-likeness (QED) is 0.0107. The average molecular weight is 2050 g/mol. The van der Waals surface area contributed by atoms with Gasteiger partial charge in [-0.2, -0.15) is 128 Å². The van der Waals surface area contributed by atoms with Gasteiger partial charge in [0.2, 0.25) is 23.8 Å². The van der Waals surface area contributed by atoms with Gasteiger partial charge in [0.1, 0.15) is 55.7 Å². The average Bonchev–Trinajstić information content (AvgIpc) is 0.796. The molecule has 0 radical (unpaired) electrons. The fraction of sp³-hybridized carbons (Fsp3) is 0.152. The van der Waals surface area contributed by atoms with Crippen molar-refractivity contribution in [2.75, 3.05) is 65.6 Å². The van der Waals surface area contributed by atoms with Crippen molar-refractivity contribution in [1.29, 1.82) is 0 Å². The normalized spacial score (nSPS) is 13.1. The maximum absolute atomic E-state index is 12.8. The lowest BCUT2D eigenvalue weighted by atomic mass is 10.1. The summed E-state index contributed by atoms with van der Waals surface area (Å²) >= 11 is 14.1. The molecule has 0 unspecified atom stereocenters. The van der Waals surface area contributed by atoms with Crippen LogP contribution in [0.25, 0.3) is 0 Å². The van der Waals surface area contributed by atoms with Crippen LogP contribution in [-0.4, -0.2) is 140 Å². The molecule has 14 aromatic rings. The van der Waals surface area contributed by atoms with Crippen LogP contribution in [0.15, 0.2) is 356 Å². The molecule has 724 valence electrons. The maximum atomic E-state index is 12.8. The first-order chi connectivity index (χ1) is 68.0. The maximum Gasteiger partial charge on any atom is 0.296 e. The van der Waals surface area contributed by atoms with Gasteiger partial charge in [-0.3, -0.25) is 22.8 Å². The lowest BCUT2D eigenvalue weighted by Crippen LogP contribution is -2.48. The second-order valence-corrected chi connectivity index (χ2v) is 39.0. The molecule has 1 fully saturated rings. The molecule has 0 spiro atoms. The summed E-state index contributed by atoms with van der Waals surface area (Å²) in [5, 5.41) is 74.9. The van der Waals surface area contributed by atoms with Gasteiger partial charge in [-0.15, -0.1) is 20.5 Å². The smallest absolute Gasteiger partial charge is 0.296 e. The van der Waals surface area contributed by atoms with Crippen molar-refractivity contribution >= 4 is 200 Å². The molecule has 0 aliphatic carbocycles.